The van der Waals surface area contributed by atoms with Gasteiger partial charge in [-0.05, 0) is 78.3 Å². The second kappa shape index (κ2) is 8.52. The van der Waals surface area contributed by atoms with Gasteiger partial charge < -0.3 is 4.74 Å². The summed E-state index contributed by atoms with van der Waals surface area (Å²) in [6, 6.07) is 14.3. The summed E-state index contributed by atoms with van der Waals surface area (Å²) in [6.07, 6.45) is 6.86. The first-order chi connectivity index (χ1) is 14.1. The average molecular weight is 395 g/mol. The van der Waals surface area contributed by atoms with Crippen molar-refractivity contribution in [3.8, 4) is 16.9 Å². The maximum absolute atomic E-state index is 15.0. The quantitative estimate of drug-likeness (QED) is 0.428. The van der Waals surface area contributed by atoms with Gasteiger partial charge in [0.1, 0.15) is 17.4 Å². The maximum atomic E-state index is 15.0. The molecule has 1 nitrogen and oxygen atoms in total. The van der Waals surface area contributed by atoms with E-state index < -0.39 is 11.6 Å². The van der Waals surface area contributed by atoms with E-state index in [2.05, 4.69) is 6.92 Å². The molecule has 0 radical (unpaired) electrons. The molecule has 0 unspecified atom stereocenters. The van der Waals surface area contributed by atoms with Crippen molar-refractivity contribution in [2.24, 2.45) is 5.92 Å². The standard InChI is InChI=1S/C26H28F2O/c1-3-5-17-8-10-18(11-9-17)21-15-23(27)26(24(28)16-21)20-12-13-22-19(14-20)6-4-7-25(22)29-2/h4,6-7,12-18H,3,5,8-11H2,1-2H3. The van der Waals surface area contributed by atoms with Crippen molar-refractivity contribution in [2.45, 2.75) is 51.4 Å². The molecule has 29 heavy (non-hydrogen) atoms. The Labute approximate surface area is 171 Å². The number of benzene rings is 3. The van der Waals surface area contributed by atoms with Crippen LogP contribution in [0.1, 0.15) is 56.9 Å². The molecule has 0 heterocycles. The first kappa shape index (κ1) is 19.9. The molecule has 0 amide bonds. The Morgan fingerprint density at radius 1 is 0.931 bits per heavy atom. The van der Waals surface area contributed by atoms with E-state index in [1.165, 1.54) is 12.8 Å². The van der Waals surface area contributed by atoms with Crippen molar-refractivity contribution in [1.29, 1.82) is 0 Å². The number of hydrogen-bond donors (Lipinski definition) is 0. The molecule has 3 aromatic carbocycles. The summed E-state index contributed by atoms with van der Waals surface area (Å²) >= 11 is 0. The van der Waals surface area contributed by atoms with Gasteiger partial charge in [-0.2, -0.15) is 0 Å². The molecule has 0 N–H and O–H groups in total. The number of fused-ring (bicyclic) bond motifs is 1. The molecule has 0 atom stereocenters. The van der Waals surface area contributed by atoms with Crippen LogP contribution in [0.25, 0.3) is 21.9 Å². The van der Waals surface area contributed by atoms with Crippen LogP contribution in [-0.4, -0.2) is 7.11 Å². The topological polar surface area (TPSA) is 9.23 Å². The highest BCUT2D eigenvalue weighted by Crippen LogP contribution is 2.40. The van der Waals surface area contributed by atoms with Gasteiger partial charge in [-0.25, -0.2) is 8.78 Å². The van der Waals surface area contributed by atoms with E-state index in [9.17, 15) is 0 Å². The van der Waals surface area contributed by atoms with Crippen LogP contribution in [0.5, 0.6) is 5.75 Å². The lowest BCUT2D eigenvalue weighted by Gasteiger charge is -2.29. The molecule has 0 saturated heterocycles. The zero-order valence-corrected chi connectivity index (χ0v) is 17.2. The van der Waals surface area contributed by atoms with Crippen molar-refractivity contribution >= 4 is 10.8 Å². The number of halogens is 2. The predicted molar refractivity (Wildman–Crippen MR) is 115 cm³/mol. The SMILES string of the molecule is CCCC1CCC(c2cc(F)c(-c3ccc4c(OC)cccc4c3)c(F)c2)CC1. The Kier molecular flexibility index (Phi) is 5.84. The van der Waals surface area contributed by atoms with Crippen molar-refractivity contribution < 1.29 is 13.5 Å². The van der Waals surface area contributed by atoms with Gasteiger partial charge in [0.25, 0.3) is 0 Å². The average Bonchev–Trinajstić information content (AvgIpc) is 2.73. The molecule has 1 saturated carbocycles. The third kappa shape index (κ3) is 4.01. The minimum absolute atomic E-state index is 0.0538. The van der Waals surface area contributed by atoms with E-state index in [-0.39, 0.29) is 11.5 Å². The van der Waals surface area contributed by atoms with Crippen LogP contribution in [0.2, 0.25) is 0 Å². The Morgan fingerprint density at radius 2 is 1.66 bits per heavy atom. The van der Waals surface area contributed by atoms with Gasteiger partial charge >= 0.3 is 0 Å². The minimum Gasteiger partial charge on any atom is -0.496 e. The zero-order chi connectivity index (χ0) is 20.4. The first-order valence-corrected chi connectivity index (χ1v) is 10.7. The molecule has 3 heteroatoms. The molecular weight excluding hydrogens is 366 g/mol. The van der Waals surface area contributed by atoms with Crippen LogP contribution in [0, 0.1) is 17.6 Å². The molecule has 0 aromatic heterocycles. The lowest BCUT2D eigenvalue weighted by molar-refractivity contribution is 0.307. The fourth-order valence-corrected chi connectivity index (χ4v) is 4.88. The highest BCUT2D eigenvalue weighted by atomic mass is 19.1. The van der Waals surface area contributed by atoms with Crippen LogP contribution in [0.15, 0.2) is 48.5 Å². The molecule has 1 aliphatic rings. The van der Waals surface area contributed by atoms with Gasteiger partial charge in [-0.15, -0.1) is 0 Å². The van der Waals surface area contributed by atoms with Crippen LogP contribution < -0.4 is 4.74 Å². The van der Waals surface area contributed by atoms with Crippen molar-refractivity contribution in [1.82, 2.24) is 0 Å². The zero-order valence-electron chi connectivity index (χ0n) is 17.2. The number of hydrogen-bond acceptors (Lipinski definition) is 1. The number of ether oxygens (including phenoxy) is 1. The van der Waals surface area contributed by atoms with E-state index in [0.29, 0.717) is 5.56 Å². The molecular formula is C26H28F2O. The summed E-state index contributed by atoms with van der Waals surface area (Å²) in [6.45, 7) is 2.22. The lowest BCUT2D eigenvalue weighted by Crippen LogP contribution is -2.13. The maximum Gasteiger partial charge on any atom is 0.134 e. The van der Waals surface area contributed by atoms with Gasteiger partial charge in [0.2, 0.25) is 0 Å². The Bertz CT molecular complexity index is 980. The summed E-state index contributed by atoms with van der Waals surface area (Å²) in [7, 11) is 1.62. The molecule has 0 spiro atoms. The third-order valence-electron chi connectivity index (χ3n) is 6.43. The fourth-order valence-electron chi connectivity index (χ4n) is 4.88. The number of methoxy groups -OCH3 is 1. The van der Waals surface area contributed by atoms with Crippen molar-refractivity contribution in [3.63, 3.8) is 0 Å². The lowest BCUT2D eigenvalue weighted by atomic mass is 9.77. The predicted octanol–water partition coefficient (Wildman–Crippen LogP) is 7.87. The summed E-state index contributed by atoms with van der Waals surface area (Å²) in [5, 5.41) is 1.83. The molecule has 4 rings (SSSR count). The van der Waals surface area contributed by atoms with Crippen molar-refractivity contribution in [3.05, 3.63) is 65.7 Å². The molecule has 152 valence electrons. The Morgan fingerprint density at radius 3 is 2.31 bits per heavy atom. The largest absolute Gasteiger partial charge is 0.496 e. The van der Waals surface area contributed by atoms with Gasteiger partial charge in [-0.1, -0.05) is 44.0 Å². The van der Waals surface area contributed by atoms with E-state index >= 15 is 8.78 Å². The second-order valence-corrected chi connectivity index (χ2v) is 8.26. The van der Waals surface area contributed by atoms with Crippen molar-refractivity contribution in [2.75, 3.05) is 7.11 Å². The summed E-state index contributed by atoms with van der Waals surface area (Å²) < 4.78 is 35.4. The molecule has 3 aromatic rings. The molecule has 0 bridgehead atoms. The summed E-state index contributed by atoms with van der Waals surface area (Å²) in [5.41, 5.74) is 1.42. The smallest absolute Gasteiger partial charge is 0.134 e. The highest BCUT2D eigenvalue weighted by Gasteiger charge is 2.24. The van der Waals surface area contributed by atoms with E-state index in [4.69, 9.17) is 4.74 Å². The van der Waals surface area contributed by atoms with Crippen LogP contribution in [0.3, 0.4) is 0 Å². The van der Waals surface area contributed by atoms with Crippen LogP contribution >= 0.6 is 0 Å². The summed E-state index contributed by atoms with van der Waals surface area (Å²) in [5.74, 6) is 0.849. The van der Waals surface area contributed by atoms with Crippen LogP contribution in [0.4, 0.5) is 8.78 Å². The number of rotatable bonds is 5. The van der Waals surface area contributed by atoms with E-state index in [1.807, 2.05) is 30.3 Å². The van der Waals surface area contributed by atoms with Gasteiger partial charge in [0, 0.05) is 5.39 Å². The molecule has 1 aliphatic carbocycles. The normalized spacial score (nSPS) is 19.4. The Balaban J connectivity index is 1.63. The van der Waals surface area contributed by atoms with Gasteiger partial charge in [-0.3, -0.25) is 0 Å². The first-order valence-electron chi connectivity index (χ1n) is 10.7. The minimum atomic E-state index is -0.474. The second-order valence-electron chi connectivity index (χ2n) is 8.26. The van der Waals surface area contributed by atoms with Gasteiger partial charge in [0.15, 0.2) is 0 Å². The molecule has 0 aliphatic heterocycles. The molecule has 1 fully saturated rings. The fraction of sp³-hybridized carbons (Fsp3) is 0.385. The van der Waals surface area contributed by atoms with E-state index in [1.54, 1.807) is 25.3 Å². The van der Waals surface area contributed by atoms with Gasteiger partial charge in [0.05, 0.1) is 12.7 Å². The monoisotopic (exact) mass is 394 g/mol. The Hall–Kier alpha value is -2.42. The van der Waals surface area contributed by atoms with Crippen LogP contribution in [-0.2, 0) is 0 Å². The highest BCUT2D eigenvalue weighted by molar-refractivity contribution is 5.92. The van der Waals surface area contributed by atoms with E-state index in [0.717, 1.165) is 53.7 Å². The summed E-state index contributed by atoms with van der Waals surface area (Å²) in [4.78, 5) is 0. The third-order valence-corrected chi connectivity index (χ3v) is 6.43.